The molecule has 2 amide bonds. The minimum atomic E-state index is -4.89. The first-order valence-electron chi connectivity index (χ1n) is 11.2. The molecule has 0 aliphatic rings. The fourth-order valence-corrected chi connectivity index (χ4v) is 3.50. The topological polar surface area (TPSA) is 68.2 Å². The molecule has 36 heavy (non-hydrogen) atoms. The normalized spacial score (nSPS) is 11.6. The lowest BCUT2D eigenvalue weighted by Gasteiger charge is -2.27. The predicted octanol–water partition coefficient (Wildman–Crippen LogP) is 6.81. The molecule has 5 nitrogen and oxygen atoms in total. The zero-order valence-electron chi connectivity index (χ0n) is 20.1. The van der Waals surface area contributed by atoms with Crippen molar-refractivity contribution in [3.63, 3.8) is 0 Å². The molecule has 0 atom stereocenters. The number of hydrogen-bond donors (Lipinski definition) is 2. The van der Waals surface area contributed by atoms with Gasteiger partial charge in [0.2, 0.25) is 0 Å². The van der Waals surface area contributed by atoms with Crippen LogP contribution in [-0.2, 0) is 6.18 Å². The Labute approximate surface area is 207 Å². The van der Waals surface area contributed by atoms with Crippen molar-refractivity contribution in [2.75, 3.05) is 23.3 Å². The van der Waals surface area contributed by atoms with Crippen molar-refractivity contribution in [2.24, 2.45) is 0 Å². The Balaban J connectivity index is 1.87. The first kappa shape index (κ1) is 26.7. The third-order valence-corrected chi connectivity index (χ3v) is 5.26. The van der Waals surface area contributed by atoms with Crippen molar-refractivity contribution in [2.45, 2.75) is 32.5 Å². The molecule has 0 saturated heterocycles. The highest BCUT2D eigenvalue weighted by atomic mass is 19.4. The van der Waals surface area contributed by atoms with Gasteiger partial charge < -0.3 is 10.6 Å². The molecule has 9 heteroatoms. The van der Waals surface area contributed by atoms with Crippen LogP contribution in [0.15, 0.2) is 66.7 Å². The second-order valence-electron chi connectivity index (χ2n) is 9.19. The number of halogens is 4. The van der Waals surface area contributed by atoms with Gasteiger partial charge in [0.1, 0.15) is 5.82 Å². The quantitative estimate of drug-likeness (QED) is 0.367. The molecular formula is C27H26F4N4O. The Hall–Kier alpha value is -3.90. The summed E-state index contributed by atoms with van der Waals surface area (Å²) in [5.74, 6) is -1.41. The van der Waals surface area contributed by atoms with Gasteiger partial charge >= 0.3 is 12.2 Å². The minimum Gasteiger partial charge on any atom is -0.310 e. The third-order valence-electron chi connectivity index (χ3n) is 5.26. The van der Waals surface area contributed by atoms with Gasteiger partial charge in [-0.15, -0.1) is 0 Å². The van der Waals surface area contributed by atoms with E-state index in [0.717, 1.165) is 17.2 Å². The van der Waals surface area contributed by atoms with E-state index in [1.54, 1.807) is 42.5 Å². The van der Waals surface area contributed by atoms with Crippen LogP contribution in [0.2, 0.25) is 0 Å². The van der Waals surface area contributed by atoms with Crippen LogP contribution >= 0.6 is 0 Å². The molecule has 0 heterocycles. The van der Waals surface area contributed by atoms with Gasteiger partial charge in [-0.3, -0.25) is 4.90 Å². The maximum absolute atomic E-state index is 13.7. The molecule has 0 aromatic heterocycles. The maximum atomic E-state index is 13.7. The van der Waals surface area contributed by atoms with Crippen LogP contribution in [0.3, 0.4) is 0 Å². The molecular weight excluding hydrogens is 472 g/mol. The SMILES string of the molecule is CC(C)(C)NCCN(C(=O)Nc1ccc(F)c(C(F)(F)F)c1)c1ccc(-c2cccc(C#N)c2)cc1. The van der Waals surface area contributed by atoms with Crippen LogP contribution in [0.25, 0.3) is 11.1 Å². The fourth-order valence-electron chi connectivity index (χ4n) is 3.50. The summed E-state index contributed by atoms with van der Waals surface area (Å²) in [5, 5.41) is 14.9. The molecule has 0 fully saturated rings. The van der Waals surface area contributed by atoms with E-state index in [9.17, 15) is 22.4 Å². The third kappa shape index (κ3) is 7.06. The Morgan fingerprint density at radius 3 is 2.28 bits per heavy atom. The number of urea groups is 1. The van der Waals surface area contributed by atoms with Gasteiger partial charge in [-0.1, -0.05) is 24.3 Å². The standard InChI is InChI=1S/C27H26F4N4O/c1-26(2,3)33-13-14-35(25(36)34-21-9-12-24(28)23(16-21)27(29,30)31)22-10-7-19(8-11-22)20-6-4-5-18(15-20)17-32/h4-12,15-16,33H,13-14H2,1-3H3,(H,34,36). The summed E-state index contributed by atoms with van der Waals surface area (Å²) in [6.45, 7) is 6.55. The molecule has 0 aliphatic carbocycles. The number of carbonyl (C=O) groups is 1. The van der Waals surface area contributed by atoms with Crippen LogP contribution in [-0.4, -0.2) is 24.7 Å². The molecule has 3 aromatic carbocycles. The van der Waals surface area contributed by atoms with Crippen LogP contribution in [0, 0.1) is 17.1 Å². The van der Waals surface area contributed by atoms with E-state index in [-0.39, 0.29) is 17.8 Å². The molecule has 0 unspecified atom stereocenters. The van der Waals surface area contributed by atoms with E-state index < -0.39 is 23.6 Å². The fraction of sp³-hybridized carbons (Fsp3) is 0.259. The molecule has 0 spiro atoms. The van der Waals surface area contributed by atoms with Gasteiger partial charge in [0.05, 0.1) is 17.2 Å². The lowest BCUT2D eigenvalue weighted by molar-refractivity contribution is -0.139. The highest BCUT2D eigenvalue weighted by Crippen LogP contribution is 2.33. The lowest BCUT2D eigenvalue weighted by Crippen LogP contribution is -2.44. The minimum absolute atomic E-state index is 0.174. The van der Waals surface area contributed by atoms with Crippen molar-refractivity contribution < 1.29 is 22.4 Å². The van der Waals surface area contributed by atoms with E-state index in [1.807, 2.05) is 26.8 Å². The van der Waals surface area contributed by atoms with Crippen molar-refractivity contribution in [3.8, 4) is 17.2 Å². The Morgan fingerprint density at radius 1 is 0.972 bits per heavy atom. The van der Waals surface area contributed by atoms with E-state index in [4.69, 9.17) is 5.26 Å². The largest absolute Gasteiger partial charge is 0.419 e. The van der Waals surface area contributed by atoms with Crippen molar-refractivity contribution in [3.05, 3.63) is 83.7 Å². The van der Waals surface area contributed by atoms with Gasteiger partial charge in [0.15, 0.2) is 0 Å². The van der Waals surface area contributed by atoms with Crippen LogP contribution < -0.4 is 15.5 Å². The molecule has 0 saturated carbocycles. The van der Waals surface area contributed by atoms with Crippen molar-refractivity contribution in [1.82, 2.24) is 5.32 Å². The van der Waals surface area contributed by atoms with Gasteiger partial charge in [-0.05, 0) is 74.4 Å². The number of carbonyl (C=O) groups excluding carboxylic acids is 1. The first-order chi connectivity index (χ1) is 16.9. The van der Waals surface area contributed by atoms with Crippen molar-refractivity contribution >= 4 is 17.4 Å². The number of anilines is 2. The number of nitrogens with zero attached hydrogens (tertiary/aromatic N) is 2. The Morgan fingerprint density at radius 2 is 1.67 bits per heavy atom. The second-order valence-corrected chi connectivity index (χ2v) is 9.19. The number of nitriles is 1. The zero-order chi connectivity index (χ0) is 26.5. The summed E-state index contributed by atoms with van der Waals surface area (Å²) in [6, 6.07) is 17.9. The van der Waals surface area contributed by atoms with Gasteiger partial charge in [0, 0.05) is 30.0 Å². The van der Waals surface area contributed by atoms with Crippen LogP contribution in [0.1, 0.15) is 31.9 Å². The zero-order valence-corrected chi connectivity index (χ0v) is 20.1. The van der Waals surface area contributed by atoms with E-state index in [2.05, 4.69) is 16.7 Å². The van der Waals surface area contributed by atoms with Gasteiger partial charge in [-0.25, -0.2) is 9.18 Å². The summed E-state index contributed by atoms with van der Waals surface area (Å²) in [7, 11) is 0. The first-order valence-corrected chi connectivity index (χ1v) is 11.2. The molecule has 2 N–H and O–H groups in total. The number of benzene rings is 3. The lowest BCUT2D eigenvalue weighted by atomic mass is 10.0. The smallest absolute Gasteiger partial charge is 0.310 e. The monoisotopic (exact) mass is 498 g/mol. The predicted molar refractivity (Wildman–Crippen MR) is 132 cm³/mol. The summed E-state index contributed by atoms with van der Waals surface area (Å²) < 4.78 is 53.0. The molecule has 3 aromatic rings. The summed E-state index contributed by atoms with van der Waals surface area (Å²) in [6.07, 6.45) is -4.89. The molecule has 0 bridgehead atoms. The highest BCUT2D eigenvalue weighted by Gasteiger charge is 2.34. The number of rotatable bonds is 6. The molecule has 188 valence electrons. The Bertz CT molecular complexity index is 1260. The molecule has 3 rings (SSSR count). The average molecular weight is 499 g/mol. The molecule has 0 aliphatic heterocycles. The van der Waals surface area contributed by atoms with E-state index >= 15 is 0 Å². The maximum Gasteiger partial charge on any atom is 0.419 e. The highest BCUT2D eigenvalue weighted by molar-refractivity contribution is 6.02. The number of hydrogen-bond acceptors (Lipinski definition) is 3. The van der Waals surface area contributed by atoms with Crippen LogP contribution in [0.4, 0.5) is 33.7 Å². The summed E-state index contributed by atoms with van der Waals surface area (Å²) in [5.41, 5.74) is 0.855. The van der Waals surface area contributed by atoms with E-state index in [0.29, 0.717) is 29.9 Å². The number of nitrogens with one attached hydrogen (secondary N) is 2. The Kier molecular flexibility index (Phi) is 8.00. The van der Waals surface area contributed by atoms with Gasteiger partial charge in [-0.2, -0.15) is 18.4 Å². The number of alkyl halides is 3. The van der Waals surface area contributed by atoms with Gasteiger partial charge in [0.25, 0.3) is 0 Å². The van der Waals surface area contributed by atoms with Crippen molar-refractivity contribution in [1.29, 1.82) is 5.26 Å². The van der Waals surface area contributed by atoms with Crippen LogP contribution in [0.5, 0.6) is 0 Å². The summed E-state index contributed by atoms with van der Waals surface area (Å²) in [4.78, 5) is 14.5. The second kappa shape index (κ2) is 10.8. The van der Waals surface area contributed by atoms with E-state index in [1.165, 1.54) is 4.90 Å². The number of amides is 2. The molecule has 0 radical (unpaired) electrons. The average Bonchev–Trinajstić information content (AvgIpc) is 2.82. The summed E-state index contributed by atoms with van der Waals surface area (Å²) >= 11 is 0.